The highest BCUT2D eigenvalue weighted by molar-refractivity contribution is 5.47. The van der Waals surface area contributed by atoms with Crippen LogP contribution in [0.15, 0.2) is 6.07 Å². The third-order valence-corrected chi connectivity index (χ3v) is 3.54. The van der Waals surface area contributed by atoms with E-state index in [2.05, 4.69) is 39.5 Å². The van der Waals surface area contributed by atoms with Crippen molar-refractivity contribution in [1.82, 2.24) is 14.9 Å². The number of hydrogen-bond donors (Lipinski definition) is 2. The highest BCUT2D eigenvalue weighted by atomic mass is 16.5. The number of nitrogens with zero attached hydrogens (tertiary/aromatic N) is 3. The van der Waals surface area contributed by atoms with E-state index in [1.54, 1.807) is 7.11 Å². The minimum absolute atomic E-state index is 0.429. The Kier molecular flexibility index (Phi) is 6.20. The van der Waals surface area contributed by atoms with Gasteiger partial charge in [-0.25, -0.2) is 9.97 Å². The van der Waals surface area contributed by atoms with E-state index in [-0.39, 0.29) is 0 Å². The van der Waals surface area contributed by atoms with Crippen molar-refractivity contribution in [3.63, 3.8) is 0 Å². The Morgan fingerprint density at radius 3 is 2.48 bits per heavy atom. The van der Waals surface area contributed by atoms with Crippen molar-refractivity contribution < 1.29 is 4.74 Å². The number of methoxy groups -OCH3 is 1. The summed E-state index contributed by atoms with van der Waals surface area (Å²) in [5.74, 6) is 2.42. The Labute approximate surface area is 127 Å². The number of nitrogens with one attached hydrogen (secondary N) is 2. The lowest BCUT2D eigenvalue weighted by Crippen LogP contribution is -2.27. The van der Waals surface area contributed by atoms with Gasteiger partial charge in [-0.05, 0) is 26.3 Å². The van der Waals surface area contributed by atoms with Crippen molar-refractivity contribution in [3.05, 3.63) is 11.9 Å². The van der Waals surface area contributed by atoms with Crippen molar-refractivity contribution in [2.45, 2.75) is 38.8 Å². The van der Waals surface area contributed by atoms with E-state index >= 15 is 0 Å². The molecule has 0 aromatic carbocycles. The molecule has 0 unspecified atom stereocenters. The molecule has 6 nitrogen and oxygen atoms in total. The minimum atomic E-state index is 0.429. The molecule has 0 amide bonds. The largest absolute Gasteiger partial charge is 0.377 e. The highest BCUT2D eigenvalue weighted by Crippen LogP contribution is 2.24. The normalized spacial score (nSPS) is 14.5. The summed E-state index contributed by atoms with van der Waals surface area (Å²) in [6.07, 6.45) is 3.75. The molecule has 1 heterocycles. The highest BCUT2D eigenvalue weighted by Gasteiger charge is 2.25. The van der Waals surface area contributed by atoms with Crippen LogP contribution in [0.4, 0.5) is 11.6 Å². The topological polar surface area (TPSA) is 62.3 Å². The van der Waals surface area contributed by atoms with Crippen molar-refractivity contribution in [2.75, 3.05) is 44.4 Å². The summed E-state index contributed by atoms with van der Waals surface area (Å²) in [7, 11) is 3.84. The van der Waals surface area contributed by atoms with Gasteiger partial charge in [-0.2, -0.15) is 0 Å². The second-order valence-corrected chi connectivity index (χ2v) is 5.55. The van der Waals surface area contributed by atoms with Gasteiger partial charge in [0.2, 0.25) is 0 Å². The first kappa shape index (κ1) is 16.0. The maximum atomic E-state index is 5.14. The van der Waals surface area contributed by atoms with Crippen LogP contribution in [-0.2, 0) is 11.3 Å². The summed E-state index contributed by atoms with van der Waals surface area (Å²) in [5, 5.41) is 6.69. The average Bonchev–Trinajstić information content (AvgIpc) is 3.30. The van der Waals surface area contributed by atoms with E-state index in [9.17, 15) is 0 Å². The molecule has 0 bridgehead atoms. The monoisotopic (exact) mass is 293 g/mol. The smallest absolute Gasteiger partial charge is 0.158 e. The molecule has 2 rings (SSSR count). The number of aromatic nitrogens is 2. The SMILES string of the molecule is CCCNc1cc(NCCN(C)C2CC2)nc(COC)n1. The zero-order valence-corrected chi connectivity index (χ0v) is 13.4. The van der Waals surface area contributed by atoms with Gasteiger partial charge in [-0.3, -0.25) is 0 Å². The zero-order valence-electron chi connectivity index (χ0n) is 13.4. The molecule has 0 atom stereocenters. The standard InChI is InChI=1S/C15H27N5O/c1-4-7-16-13-10-14(19-15(18-13)11-21-3)17-8-9-20(2)12-5-6-12/h10,12H,4-9,11H2,1-3H3,(H2,16,17,18,19). The van der Waals surface area contributed by atoms with Gasteiger partial charge >= 0.3 is 0 Å². The van der Waals surface area contributed by atoms with Gasteiger partial charge in [0.05, 0.1) is 0 Å². The second-order valence-electron chi connectivity index (χ2n) is 5.55. The van der Waals surface area contributed by atoms with E-state index in [0.29, 0.717) is 12.4 Å². The number of ether oxygens (including phenoxy) is 1. The third-order valence-electron chi connectivity index (χ3n) is 3.54. The predicted molar refractivity (Wildman–Crippen MR) is 85.7 cm³/mol. The summed E-state index contributed by atoms with van der Waals surface area (Å²) in [5.41, 5.74) is 0. The van der Waals surface area contributed by atoms with Gasteiger partial charge in [0, 0.05) is 38.9 Å². The number of likely N-dealkylation sites (N-methyl/N-ethyl adjacent to an activating group) is 1. The van der Waals surface area contributed by atoms with Crippen LogP contribution in [0.2, 0.25) is 0 Å². The van der Waals surface area contributed by atoms with E-state index < -0.39 is 0 Å². The molecule has 21 heavy (non-hydrogen) atoms. The summed E-state index contributed by atoms with van der Waals surface area (Å²) in [4.78, 5) is 11.3. The molecule has 1 aromatic heterocycles. The van der Waals surface area contributed by atoms with Crippen LogP contribution in [0, 0.1) is 0 Å². The zero-order chi connectivity index (χ0) is 15.1. The molecule has 0 radical (unpaired) electrons. The van der Waals surface area contributed by atoms with Crippen LogP contribution in [-0.4, -0.2) is 54.7 Å². The number of hydrogen-bond acceptors (Lipinski definition) is 6. The average molecular weight is 293 g/mol. The lowest BCUT2D eigenvalue weighted by atomic mass is 10.4. The van der Waals surface area contributed by atoms with Gasteiger partial charge < -0.3 is 20.3 Å². The Morgan fingerprint density at radius 2 is 1.90 bits per heavy atom. The van der Waals surface area contributed by atoms with E-state index in [0.717, 1.165) is 43.7 Å². The van der Waals surface area contributed by atoms with Crippen molar-refractivity contribution in [1.29, 1.82) is 0 Å². The van der Waals surface area contributed by atoms with Gasteiger partial charge in [-0.15, -0.1) is 0 Å². The molecule has 2 N–H and O–H groups in total. The Bertz CT molecular complexity index is 436. The van der Waals surface area contributed by atoms with E-state index in [1.165, 1.54) is 12.8 Å². The molecule has 1 saturated carbocycles. The summed E-state index contributed by atoms with van der Waals surface area (Å²) in [6, 6.07) is 2.76. The maximum Gasteiger partial charge on any atom is 0.158 e. The van der Waals surface area contributed by atoms with Crippen LogP contribution < -0.4 is 10.6 Å². The fourth-order valence-electron chi connectivity index (χ4n) is 2.18. The lowest BCUT2D eigenvalue weighted by molar-refractivity contribution is 0.178. The Balaban J connectivity index is 1.90. The second kappa shape index (κ2) is 8.14. The molecule has 0 saturated heterocycles. The fraction of sp³-hybridized carbons (Fsp3) is 0.733. The molecule has 6 heteroatoms. The van der Waals surface area contributed by atoms with Crippen LogP contribution in [0.25, 0.3) is 0 Å². The number of rotatable bonds is 10. The lowest BCUT2D eigenvalue weighted by Gasteiger charge is -2.16. The molecule has 1 aliphatic rings. The van der Waals surface area contributed by atoms with Crippen LogP contribution in [0.5, 0.6) is 0 Å². The van der Waals surface area contributed by atoms with Crippen molar-refractivity contribution >= 4 is 11.6 Å². The van der Waals surface area contributed by atoms with Crippen molar-refractivity contribution in [2.24, 2.45) is 0 Å². The summed E-state index contributed by atoms with van der Waals surface area (Å²) in [6.45, 7) is 5.40. The first-order valence-corrected chi connectivity index (χ1v) is 7.77. The van der Waals surface area contributed by atoms with Crippen LogP contribution in [0.1, 0.15) is 32.0 Å². The molecule has 118 valence electrons. The molecule has 0 spiro atoms. The molecule has 0 aliphatic heterocycles. The fourth-order valence-corrected chi connectivity index (χ4v) is 2.18. The van der Waals surface area contributed by atoms with Crippen LogP contribution in [0.3, 0.4) is 0 Å². The Hall–Kier alpha value is -1.40. The quantitative estimate of drug-likeness (QED) is 0.687. The van der Waals surface area contributed by atoms with Gasteiger partial charge in [0.25, 0.3) is 0 Å². The molecule has 1 aliphatic carbocycles. The minimum Gasteiger partial charge on any atom is -0.377 e. The first-order valence-electron chi connectivity index (χ1n) is 7.77. The predicted octanol–water partition coefficient (Wildman–Crippen LogP) is 1.95. The summed E-state index contributed by atoms with van der Waals surface area (Å²) < 4.78 is 5.14. The maximum absolute atomic E-state index is 5.14. The Morgan fingerprint density at radius 1 is 1.24 bits per heavy atom. The van der Waals surface area contributed by atoms with E-state index in [4.69, 9.17) is 4.74 Å². The molecule has 1 fully saturated rings. The van der Waals surface area contributed by atoms with Gasteiger partial charge in [0.15, 0.2) is 5.82 Å². The molecular weight excluding hydrogens is 266 g/mol. The van der Waals surface area contributed by atoms with Gasteiger partial charge in [0.1, 0.15) is 18.2 Å². The van der Waals surface area contributed by atoms with Gasteiger partial charge in [-0.1, -0.05) is 6.92 Å². The third kappa shape index (κ3) is 5.47. The molecular formula is C15H27N5O. The summed E-state index contributed by atoms with van der Waals surface area (Å²) >= 11 is 0. The van der Waals surface area contributed by atoms with Crippen molar-refractivity contribution in [3.8, 4) is 0 Å². The number of anilines is 2. The molecule has 1 aromatic rings. The van der Waals surface area contributed by atoms with E-state index in [1.807, 2.05) is 6.07 Å². The first-order chi connectivity index (χ1) is 10.2. The van der Waals surface area contributed by atoms with Crippen LogP contribution >= 0.6 is 0 Å².